The molecule has 0 aliphatic rings. The number of nitrogens with one attached hydrogen (secondary N) is 1. The zero-order valence-corrected chi connectivity index (χ0v) is 15.3. The van der Waals surface area contributed by atoms with Gasteiger partial charge >= 0.3 is 6.18 Å². The first-order valence-electron chi connectivity index (χ1n) is 7.43. The van der Waals surface area contributed by atoms with Crippen molar-refractivity contribution >= 4 is 32.7 Å². The lowest BCUT2D eigenvalue weighted by Gasteiger charge is -2.17. The molecule has 0 aliphatic heterocycles. The van der Waals surface area contributed by atoms with Gasteiger partial charge in [0.15, 0.2) is 0 Å². The molecule has 1 unspecified atom stereocenters. The van der Waals surface area contributed by atoms with Gasteiger partial charge in [-0.2, -0.15) is 13.2 Å². The molecule has 2 heterocycles. The monoisotopic (exact) mass is 427 g/mol. The van der Waals surface area contributed by atoms with Gasteiger partial charge in [-0.1, -0.05) is 15.9 Å². The predicted molar refractivity (Wildman–Crippen MR) is 92.9 cm³/mol. The predicted octanol–water partition coefficient (Wildman–Crippen LogP) is 4.38. The van der Waals surface area contributed by atoms with Crippen molar-refractivity contribution in [3.8, 4) is 5.75 Å². The van der Waals surface area contributed by atoms with Crippen LogP contribution in [0.4, 0.5) is 19.0 Å². The molecule has 1 N–H and O–H groups in total. The number of hydrogen-bond donors (Lipinski definition) is 1. The molecular formula is C16H13BrF3N5O. The molecule has 1 atom stereocenters. The van der Waals surface area contributed by atoms with E-state index in [2.05, 4.69) is 41.2 Å². The van der Waals surface area contributed by atoms with E-state index in [-0.39, 0.29) is 6.04 Å². The fourth-order valence-electron chi connectivity index (χ4n) is 2.37. The lowest BCUT2D eigenvalue weighted by molar-refractivity contribution is -0.145. The van der Waals surface area contributed by atoms with E-state index < -0.39 is 12.0 Å². The molecule has 0 saturated heterocycles. The molecule has 1 aromatic carbocycles. The van der Waals surface area contributed by atoms with E-state index in [9.17, 15) is 13.2 Å². The Morgan fingerprint density at radius 3 is 2.42 bits per heavy atom. The van der Waals surface area contributed by atoms with Crippen LogP contribution in [0, 0.1) is 0 Å². The van der Waals surface area contributed by atoms with Crippen molar-refractivity contribution in [2.75, 3.05) is 12.4 Å². The number of nitrogens with zero attached hydrogens (tertiary/aromatic N) is 4. The number of ether oxygens (including phenoxy) is 1. The molecule has 10 heteroatoms. The van der Waals surface area contributed by atoms with Gasteiger partial charge in [0, 0.05) is 27.8 Å². The van der Waals surface area contributed by atoms with Crippen molar-refractivity contribution < 1.29 is 17.9 Å². The summed E-state index contributed by atoms with van der Waals surface area (Å²) in [5.74, 6) is -0.0815. The Morgan fingerprint density at radius 1 is 1.12 bits per heavy atom. The van der Waals surface area contributed by atoms with Crippen molar-refractivity contribution in [1.29, 1.82) is 0 Å². The van der Waals surface area contributed by atoms with Gasteiger partial charge in [-0.05, 0) is 19.1 Å². The highest BCUT2D eigenvalue weighted by Crippen LogP contribution is 2.33. The van der Waals surface area contributed by atoms with Crippen LogP contribution in [0.1, 0.15) is 24.4 Å². The van der Waals surface area contributed by atoms with Gasteiger partial charge in [0.2, 0.25) is 5.82 Å². The molecule has 0 saturated carbocycles. The van der Waals surface area contributed by atoms with Crippen molar-refractivity contribution in [3.63, 3.8) is 0 Å². The number of halogens is 4. The maximum absolute atomic E-state index is 12.6. The van der Waals surface area contributed by atoms with E-state index in [1.807, 2.05) is 6.07 Å². The Morgan fingerprint density at radius 2 is 1.81 bits per heavy atom. The Balaban J connectivity index is 1.92. The molecular weight excluding hydrogens is 415 g/mol. The van der Waals surface area contributed by atoms with Gasteiger partial charge in [0.25, 0.3) is 0 Å². The van der Waals surface area contributed by atoms with Gasteiger partial charge in [-0.25, -0.2) is 19.9 Å². The first-order chi connectivity index (χ1) is 12.3. The Bertz CT molecular complexity index is 934. The lowest BCUT2D eigenvalue weighted by Crippen LogP contribution is -2.14. The molecule has 6 nitrogen and oxygen atoms in total. The third-order valence-corrected chi connectivity index (χ3v) is 4.12. The van der Waals surface area contributed by atoms with Crippen LogP contribution in [-0.2, 0) is 6.18 Å². The highest BCUT2D eigenvalue weighted by molar-refractivity contribution is 9.10. The van der Waals surface area contributed by atoms with Crippen molar-refractivity contribution in [2.24, 2.45) is 0 Å². The molecule has 3 aromatic rings. The Hall–Kier alpha value is -2.49. The summed E-state index contributed by atoms with van der Waals surface area (Å²) in [4.78, 5) is 15.2. The van der Waals surface area contributed by atoms with Gasteiger partial charge in [0.1, 0.15) is 23.4 Å². The second-order valence-corrected chi connectivity index (χ2v) is 6.35. The van der Waals surface area contributed by atoms with E-state index in [4.69, 9.17) is 4.74 Å². The standard InChI is InChI=1S/C16H13BrF3N5O/c1-8(9-5-21-15(22-6-9)16(18,19)20)25-14-11-3-10(17)4-12(26-2)13(11)23-7-24-14/h3-8H,1-2H3,(H,23,24,25). The van der Waals surface area contributed by atoms with Crippen molar-refractivity contribution in [3.05, 3.63) is 46.7 Å². The zero-order chi connectivity index (χ0) is 18.9. The first kappa shape index (κ1) is 18.3. The summed E-state index contributed by atoms with van der Waals surface area (Å²) in [6.45, 7) is 1.77. The third kappa shape index (κ3) is 3.69. The third-order valence-electron chi connectivity index (χ3n) is 3.67. The lowest BCUT2D eigenvalue weighted by atomic mass is 10.1. The molecule has 26 heavy (non-hydrogen) atoms. The van der Waals surface area contributed by atoms with E-state index in [0.29, 0.717) is 28.0 Å². The molecule has 0 fully saturated rings. The van der Waals surface area contributed by atoms with E-state index in [1.54, 1.807) is 20.1 Å². The van der Waals surface area contributed by atoms with Crippen LogP contribution in [-0.4, -0.2) is 27.0 Å². The zero-order valence-electron chi connectivity index (χ0n) is 13.7. The smallest absolute Gasteiger partial charge is 0.451 e. The first-order valence-corrected chi connectivity index (χ1v) is 8.23. The van der Waals surface area contributed by atoms with Crippen LogP contribution >= 0.6 is 15.9 Å². The van der Waals surface area contributed by atoms with E-state index in [0.717, 1.165) is 16.9 Å². The Labute approximate surface area is 155 Å². The van der Waals surface area contributed by atoms with Gasteiger partial charge < -0.3 is 10.1 Å². The minimum Gasteiger partial charge on any atom is -0.494 e. The van der Waals surface area contributed by atoms with E-state index in [1.165, 1.54) is 6.33 Å². The summed E-state index contributed by atoms with van der Waals surface area (Å²) in [6.07, 6.45) is -0.890. The summed E-state index contributed by atoms with van der Waals surface area (Å²) >= 11 is 3.41. The average Bonchev–Trinajstić information content (AvgIpc) is 2.61. The maximum atomic E-state index is 12.6. The maximum Gasteiger partial charge on any atom is 0.451 e. The highest BCUT2D eigenvalue weighted by Gasteiger charge is 2.34. The summed E-state index contributed by atoms with van der Waals surface area (Å²) in [7, 11) is 1.54. The molecule has 0 aliphatic carbocycles. The molecule has 0 bridgehead atoms. The normalized spacial score (nSPS) is 12.8. The van der Waals surface area contributed by atoms with Gasteiger partial charge in [0.05, 0.1) is 13.2 Å². The minimum absolute atomic E-state index is 0.375. The van der Waals surface area contributed by atoms with Crippen LogP contribution in [0.5, 0.6) is 5.75 Å². The van der Waals surface area contributed by atoms with Crippen LogP contribution in [0.15, 0.2) is 35.3 Å². The minimum atomic E-state index is -4.57. The van der Waals surface area contributed by atoms with E-state index >= 15 is 0 Å². The van der Waals surface area contributed by atoms with Crippen LogP contribution in [0.3, 0.4) is 0 Å². The molecule has 136 valence electrons. The van der Waals surface area contributed by atoms with Crippen LogP contribution in [0.25, 0.3) is 10.9 Å². The fraction of sp³-hybridized carbons (Fsp3) is 0.250. The van der Waals surface area contributed by atoms with Crippen LogP contribution < -0.4 is 10.1 Å². The molecule has 2 aromatic heterocycles. The second-order valence-electron chi connectivity index (χ2n) is 5.43. The molecule has 0 radical (unpaired) electrons. The second kappa shape index (κ2) is 7.02. The number of fused-ring (bicyclic) bond motifs is 1. The highest BCUT2D eigenvalue weighted by atomic mass is 79.9. The Kier molecular flexibility index (Phi) is 4.94. The largest absolute Gasteiger partial charge is 0.494 e. The van der Waals surface area contributed by atoms with Gasteiger partial charge in [-0.15, -0.1) is 0 Å². The summed E-state index contributed by atoms with van der Waals surface area (Å²) in [6, 6.07) is 3.24. The average molecular weight is 428 g/mol. The number of anilines is 1. The number of methoxy groups -OCH3 is 1. The molecule has 0 spiro atoms. The quantitative estimate of drug-likeness (QED) is 0.665. The summed E-state index contributed by atoms with van der Waals surface area (Å²) < 4.78 is 43.8. The topological polar surface area (TPSA) is 72.8 Å². The van der Waals surface area contributed by atoms with Crippen LogP contribution in [0.2, 0.25) is 0 Å². The molecule has 3 rings (SSSR count). The number of alkyl halides is 3. The van der Waals surface area contributed by atoms with Crippen molar-refractivity contribution in [2.45, 2.75) is 19.1 Å². The van der Waals surface area contributed by atoms with Gasteiger partial charge in [-0.3, -0.25) is 0 Å². The van der Waals surface area contributed by atoms with Crippen molar-refractivity contribution in [1.82, 2.24) is 19.9 Å². The SMILES string of the molecule is COc1cc(Br)cc2c(NC(C)c3cnc(C(F)(F)F)nc3)ncnc12. The summed E-state index contributed by atoms with van der Waals surface area (Å²) in [5, 5.41) is 3.86. The number of aromatic nitrogens is 4. The number of rotatable bonds is 4. The summed E-state index contributed by atoms with van der Waals surface area (Å²) in [5.41, 5.74) is 1.11. The molecule has 0 amide bonds. The fourth-order valence-corrected chi connectivity index (χ4v) is 2.81. The number of hydrogen-bond acceptors (Lipinski definition) is 6. The number of benzene rings is 1.